The Kier molecular flexibility index (Phi) is 3.87. The van der Waals surface area contributed by atoms with Crippen molar-refractivity contribution >= 4 is 23.7 Å². The summed E-state index contributed by atoms with van der Waals surface area (Å²) in [6, 6.07) is 0.263. The Balaban J connectivity index is 1.94. The highest BCUT2D eigenvalue weighted by molar-refractivity contribution is 6.28. The normalized spacial score (nSPS) is 22.9. The molecule has 108 valence electrons. The Morgan fingerprint density at radius 1 is 1.45 bits per heavy atom. The van der Waals surface area contributed by atoms with Crippen LogP contribution < -0.4 is 4.90 Å². The molecule has 0 unspecified atom stereocenters. The quantitative estimate of drug-likeness (QED) is 0.609. The average Bonchev–Trinajstić information content (AvgIpc) is 2.81. The second-order valence-corrected chi connectivity index (χ2v) is 5.53. The largest absolute Gasteiger partial charge is 0.377 e. The lowest BCUT2D eigenvalue weighted by Crippen LogP contribution is -2.44. The van der Waals surface area contributed by atoms with Crippen molar-refractivity contribution in [3.8, 4) is 0 Å². The zero-order valence-electron chi connectivity index (χ0n) is 11.4. The van der Waals surface area contributed by atoms with E-state index >= 15 is 0 Å². The second kappa shape index (κ2) is 5.63. The highest BCUT2D eigenvalue weighted by atomic mass is 35.5. The van der Waals surface area contributed by atoms with E-state index in [0.29, 0.717) is 32.8 Å². The fourth-order valence-electron chi connectivity index (χ4n) is 2.79. The van der Waals surface area contributed by atoms with Crippen LogP contribution in [0.25, 0.3) is 0 Å². The Morgan fingerprint density at radius 2 is 2.30 bits per heavy atom. The van der Waals surface area contributed by atoms with E-state index in [2.05, 4.69) is 21.8 Å². The first-order valence-corrected chi connectivity index (χ1v) is 7.12. The molecule has 1 saturated heterocycles. The molecule has 1 fully saturated rings. The number of hydrogen-bond acceptors (Lipinski definition) is 6. The van der Waals surface area contributed by atoms with Crippen molar-refractivity contribution in [1.82, 2.24) is 14.9 Å². The highest BCUT2D eigenvalue weighted by Crippen LogP contribution is 2.31. The molecule has 20 heavy (non-hydrogen) atoms. The number of hydrogen-bond donors (Lipinski definition) is 0. The summed E-state index contributed by atoms with van der Waals surface area (Å²) in [7, 11) is 0. The zero-order valence-corrected chi connectivity index (χ0v) is 12.1. The molecule has 0 amide bonds. The van der Waals surface area contributed by atoms with Gasteiger partial charge in [0.25, 0.3) is 0 Å². The number of anilines is 1. The Bertz CT molecular complexity index is 525. The van der Waals surface area contributed by atoms with Gasteiger partial charge in [0.2, 0.25) is 5.28 Å². The molecule has 3 heterocycles. The maximum Gasteiger partial charge on any atom is 0.224 e. The minimum atomic E-state index is 0.263. The van der Waals surface area contributed by atoms with Gasteiger partial charge >= 0.3 is 0 Å². The standard InChI is InChI=1S/C13H17ClN4O2/c1-9-8-20-5-3-18(9)12-10-6-17(2-4-19)7-11(10)15-13(14)16-12/h4,9H,2-3,5-8H2,1H3/t9-/m0/s1. The fourth-order valence-corrected chi connectivity index (χ4v) is 2.97. The number of rotatable bonds is 3. The lowest BCUT2D eigenvalue weighted by Gasteiger charge is -2.35. The molecule has 0 saturated carbocycles. The number of morpholine rings is 1. The van der Waals surface area contributed by atoms with Crippen molar-refractivity contribution in [2.45, 2.75) is 26.1 Å². The maximum atomic E-state index is 10.7. The van der Waals surface area contributed by atoms with E-state index in [1.807, 2.05) is 4.90 Å². The summed E-state index contributed by atoms with van der Waals surface area (Å²) in [5.41, 5.74) is 2.02. The maximum absolute atomic E-state index is 10.7. The first kappa shape index (κ1) is 13.7. The molecule has 7 heteroatoms. The van der Waals surface area contributed by atoms with Gasteiger partial charge in [-0.1, -0.05) is 0 Å². The molecule has 0 N–H and O–H groups in total. The Hall–Kier alpha value is -1.24. The van der Waals surface area contributed by atoms with Crippen LogP contribution in [0.5, 0.6) is 0 Å². The van der Waals surface area contributed by atoms with E-state index in [4.69, 9.17) is 16.3 Å². The van der Waals surface area contributed by atoms with E-state index in [1.54, 1.807) is 0 Å². The van der Waals surface area contributed by atoms with Gasteiger partial charge in [-0.3, -0.25) is 4.90 Å². The van der Waals surface area contributed by atoms with Crippen molar-refractivity contribution < 1.29 is 9.53 Å². The summed E-state index contributed by atoms with van der Waals surface area (Å²) in [6.07, 6.45) is 0.915. The van der Waals surface area contributed by atoms with Gasteiger partial charge in [-0.05, 0) is 18.5 Å². The van der Waals surface area contributed by atoms with Crippen molar-refractivity contribution in [2.75, 3.05) is 31.2 Å². The summed E-state index contributed by atoms with van der Waals surface area (Å²) in [5.74, 6) is 0.893. The van der Waals surface area contributed by atoms with Crippen molar-refractivity contribution in [2.24, 2.45) is 0 Å². The molecule has 1 atom stereocenters. The molecule has 0 aromatic carbocycles. The van der Waals surface area contributed by atoms with Gasteiger partial charge in [0, 0.05) is 25.2 Å². The Morgan fingerprint density at radius 3 is 3.05 bits per heavy atom. The van der Waals surface area contributed by atoms with Crippen LogP contribution in [-0.2, 0) is 22.6 Å². The number of nitrogens with zero attached hydrogens (tertiary/aromatic N) is 4. The minimum absolute atomic E-state index is 0.263. The number of aldehydes is 1. The molecule has 1 aromatic heterocycles. The third-order valence-corrected chi connectivity index (χ3v) is 3.94. The predicted octanol–water partition coefficient (Wildman–Crippen LogP) is 0.870. The molecular formula is C13H17ClN4O2. The molecule has 1 aromatic rings. The van der Waals surface area contributed by atoms with E-state index in [0.717, 1.165) is 29.9 Å². The predicted molar refractivity (Wildman–Crippen MR) is 74.8 cm³/mol. The van der Waals surface area contributed by atoms with Gasteiger partial charge in [-0.2, -0.15) is 0 Å². The van der Waals surface area contributed by atoms with Crippen molar-refractivity contribution in [3.63, 3.8) is 0 Å². The van der Waals surface area contributed by atoms with Crippen molar-refractivity contribution in [1.29, 1.82) is 0 Å². The molecule has 0 radical (unpaired) electrons. The lowest BCUT2D eigenvalue weighted by atomic mass is 10.2. The molecule has 0 aliphatic carbocycles. The highest BCUT2D eigenvalue weighted by Gasteiger charge is 2.30. The van der Waals surface area contributed by atoms with Crippen LogP contribution in [-0.4, -0.2) is 53.5 Å². The third kappa shape index (κ3) is 2.51. The van der Waals surface area contributed by atoms with Crippen LogP contribution in [0.3, 0.4) is 0 Å². The van der Waals surface area contributed by atoms with E-state index < -0.39 is 0 Å². The number of carbonyl (C=O) groups excluding carboxylic acids is 1. The molecule has 0 bridgehead atoms. The second-order valence-electron chi connectivity index (χ2n) is 5.20. The van der Waals surface area contributed by atoms with Gasteiger partial charge in [0.05, 0.1) is 31.5 Å². The van der Waals surface area contributed by atoms with Crippen LogP contribution in [0.4, 0.5) is 5.82 Å². The monoisotopic (exact) mass is 296 g/mol. The van der Waals surface area contributed by atoms with Gasteiger partial charge in [0.15, 0.2) is 0 Å². The van der Waals surface area contributed by atoms with E-state index in [9.17, 15) is 4.79 Å². The lowest BCUT2D eigenvalue weighted by molar-refractivity contribution is -0.108. The number of carbonyl (C=O) groups is 1. The summed E-state index contributed by atoms with van der Waals surface area (Å²) in [4.78, 5) is 23.7. The summed E-state index contributed by atoms with van der Waals surface area (Å²) >= 11 is 6.05. The summed E-state index contributed by atoms with van der Waals surface area (Å²) < 4.78 is 5.47. The van der Waals surface area contributed by atoms with Crippen LogP contribution >= 0.6 is 11.6 Å². The molecular weight excluding hydrogens is 280 g/mol. The van der Waals surface area contributed by atoms with Gasteiger partial charge in [-0.15, -0.1) is 0 Å². The first-order valence-electron chi connectivity index (χ1n) is 6.74. The SMILES string of the molecule is C[C@H]1COCCN1c1nc(Cl)nc2c1CN(CC=O)C2. The van der Waals surface area contributed by atoms with Crippen molar-refractivity contribution in [3.05, 3.63) is 16.5 Å². The van der Waals surface area contributed by atoms with Crippen LogP contribution in [0.1, 0.15) is 18.2 Å². The molecule has 2 aliphatic heterocycles. The van der Waals surface area contributed by atoms with Gasteiger partial charge in [0.1, 0.15) is 12.1 Å². The zero-order chi connectivity index (χ0) is 14.1. The molecule has 0 spiro atoms. The smallest absolute Gasteiger partial charge is 0.224 e. The van der Waals surface area contributed by atoms with E-state index in [1.165, 1.54) is 0 Å². The average molecular weight is 297 g/mol. The van der Waals surface area contributed by atoms with E-state index in [-0.39, 0.29) is 11.3 Å². The first-order chi connectivity index (χ1) is 9.69. The van der Waals surface area contributed by atoms with Crippen LogP contribution in [0, 0.1) is 0 Å². The minimum Gasteiger partial charge on any atom is -0.377 e. The number of fused-ring (bicyclic) bond motifs is 1. The third-order valence-electron chi connectivity index (χ3n) is 3.77. The molecule has 3 rings (SSSR count). The van der Waals surface area contributed by atoms with Gasteiger partial charge < -0.3 is 14.4 Å². The van der Waals surface area contributed by atoms with Crippen LogP contribution in [0.15, 0.2) is 0 Å². The van der Waals surface area contributed by atoms with Crippen LogP contribution in [0.2, 0.25) is 5.28 Å². The van der Waals surface area contributed by atoms with Gasteiger partial charge in [-0.25, -0.2) is 9.97 Å². The Labute approximate surface area is 122 Å². The summed E-state index contributed by atoms with van der Waals surface area (Å²) in [6.45, 7) is 6.06. The molecule has 2 aliphatic rings. The number of aromatic nitrogens is 2. The number of ether oxygens (including phenoxy) is 1. The molecule has 6 nitrogen and oxygen atoms in total. The topological polar surface area (TPSA) is 58.6 Å². The number of halogens is 1. The summed E-state index contributed by atoms with van der Waals surface area (Å²) in [5, 5.41) is 0.269. The fraction of sp³-hybridized carbons (Fsp3) is 0.615.